The fraction of sp³-hybridized carbons (Fsp3) is 0.529. The van der Waals surface area contributed by atoms with Crippen molar-refractivity contribution in [2.75, 3.05) is 4.90 Å². The van der Waals surface area contributed by atoms with Gasteiger partial charge >= 0.3 is 0 Å². The van der Waals surface area contributed by atoms with Gasteiger partial charge in [-0.15, -0.1) is 0 Å². The molecule has 3 aliphatic rings. The lowest BCUT2D eigenvalue weighted by Crippen LogP contribution is -2.33. The van der Waals surface area contributed by atoms with E-state index in [1.54, 1.807) is 0 Å². The van der Waals surface area contributed by atoms with Crippen LogP contribution in [0, 0.1) is 37.5 Å². The van der Waals surface area contributed by atoms with Crippen molar-refractivity contribution in [1.29, 1.82) is 0 Å². The number of aryl methyl sites for hydroxylation is 2. The average molecular weight is 269 g/mol. The Kier molecular flexibility index (Phi) is 2.39. The molecular weight excluding hydrogens is 250 g/mol. The van der Waals surface area contributed by atoms with Crippen LogP contribution >= 0.6 is 0 Å². The number of hydrogen-bond acceptors (Lipinski definition) is 2. The van der Waals surface area contributed by atoms with E-state index in [1.807, 2.05) is 32.0 Å². The van der Waals surface area contributed by atoms with Crippen LogP contribution in [0.4, 0.5) is 5.69 Å². The molecule has 0 unspecified atom stereocenters. The summed E-state index contributed by atoms with van der Waals surface area (Å²) in [7, 11) is 0. The van der Waals surface area contributed by atoms with E-state index in [0.29, 0.717) is 11.8 Å². The molecule has 3 fully saturated rings. The molecular formula is C17H19NO2. The molecule has 0 N–H and O–H groups in total. The quantitative estimate of drug-likeness (QED) is 0.735. The second-order valence-electron chi connectivity index (χ2n) is 6.69. The molecule has 2 saturated carbocycles. The van der Waals surface area contributed by atoms with Crippen LogP contribution in [0.25, 0.3) is 0 Å². The predicted octanol–water partition coefficient (Wildman–Crippen LogP) is 2.84. The Bertz CT molecular complexity index is 593. The van der Waals surface area contributed by atoms with Gasteiger partial charge in [-0.2, -0.15) is 0 Å². The summed E-state index contributed by atoms with van der Waals surface area (Å²) in [5, 5.41) is 0. The fourth-order valence-corrected chi connectivity index (χ4v) is 4.70. The maximum atomic E-state index is 12.7. The largest absolute Gasteiger partial charge is 0.274 e. The van der Waals surface area contributed by atoms with E-state index in [2.05, 4.69) is 0 Å². The zero-order valence-electron chi connectivity index (χ0n) is 11.9. The molecule has 20 heavy (non-hydrogen) atoms. The molecule has 0 spiro atoms. The number of hydrogen-bond donors (Lipinski definition) is 0. The number of fused-ring (bicyclic) bond motifs is 5. The summed E-state index contributed by atoms with van der Waals surface area (Å²) in [6.45, 7) is 4.00. The Morgan fingerprint density at radius 2 is 1.60 bits per heavy atom. The molecule has 0 aromatic heterocycles. The summed E-state index contributed by atoms with van der Waals surface area (Å²) < 4.78 is 0. The molecule has 2 aliphatic carbocycles. The van der Waals surface area contributed by atoms with Crippen LogP contribution in [0.2, 0.25) is 0 Å². The highest BCUT2D eigenvalue weighted by molar-refractivity contribution is 6.22. The van der Waals surface area contributed by atoms with Gasteiger partial charge in [-0.1, -0.05) is 17.7 Å². The zero-order chi connectivity index (χ0) is 14.0. The van der Waals surface area contributed by atoms with Crippen LogP contribution in [0.5, 0.6) is 0 Å². The molecule has 2 bridgehead atoms. The van der Waals surface area contributed by atoms with Gasteiger partial charge in [-0.05, 0) is 56.6 Å². The lowest BCUT2D eigenvalue weighted by Gasteiger charge is -2.19. The highest BCUT2D eigenvalue weighted by Gasteiger charge is 2.61. The molecule has 4 atom stereocenters. The van der Waals surface area contributed by atoms with Gasteiger partial charge in [0.1, 0.15) is 0 Å². The van der Waals surface area contributed by atoms with Crippen LogP contribution in [0.3, 0.4) is 0 Å². The van der Waals surface area contributed by atoms with E-state index < -0.39 is 0 Å². The van der Waals surface area contributed by atoms with Gasteiger partial charge in [0.15, 0.2) is 0 Å². The number of rotatable bonds is 1. The number of benzene rings is 1. The molecule has 3 nitrogen and oxygen atoms in total. The molecule has 1 saturated heterocycles. The number of imide groups is 1. The molecule has 2 amide bonds. The van der Waals surface area contributed by atoms with Gasteiger partial charge < -0.3 is 0 Å². The maximum absolute atomic E-state index is 12.7. The van der Waals surface area contributed by atoms with Crippen molar-refractivity contribution in [3.8, 4) is 0 Å². The summed E-state index contributed by atoms with van der Waals surface area (Å²) >= 11 is 0. The number of carbonyl (C=O) groups excluding carboxylic acids is 2. The molecule has 1 aromatic rings. The first-order valence-corrected chi connectivity index (χ1v) is 7.53. The van der Waals surface area contributed by atoms with E-state index in [1.165, 1.54) is 4.90 Å². The SMILES string of the molecule is Cc1ccc(N2C(=O)[C@H]3[C@@H]4CC[C@@H](C4)[C@@H]3C2=O)c(C)c1. The second kappa shape index (κ2) is 3.94. The van der Waals surface area contributed by atoms with Crippen LogP contribution in [0.15, 0.2) is 18.2 Å². The smallest absolute Gasteiger partial charge is 0.237 e. The predicted molar refractivity (Wildman–Crippen MR) is 76.2 cm³/mol. The minimum atomic E-state index is -0.0260. The van der Waals surface area contributed by atoms with E-state index in [0.717, 1.165) is 36.1 Å². The van der Waals surface area contributed by atoms with Gasteiger partial charge in [0.2, 0.25) is 11.8 Å². The van der Waals surface area contributed by atoms with Crippen LogP contribution in [-0.2, 0) is 9.59 Å². The monoisotopic (exact) mass is 269 g/mol. The summed E-state index contributed by atoms with van der Waals surface area (Å²) in [6.07, 6.45) is 3.35. The fourth-order valence-electron chi connectivity index (χ4n) is 4.70. The Hall–Kier alpha value is -1.64. The zero-order valence-corrected chi connectivity index (χ0v) is 11.9. The highest BCUT2D eigenvalue weighted by Crippen LogP contribution is 2.56. The molecule has 1 heterocycles. The van der Waals surface area contributed by atoms with Crippen LogP contribution in [0.1, 0.15) is 30.4 Å². The Morgan fingerprint density at radius 3 is 2.15 bits per heavy atom. The Labute approximate surface area is 119 Å². The van der Waals surface area contributed by atoms with Gasteiger partial charge in [-0.25, -0.2) is 4.90 Å². The highest BCUT2D eigenvalue weighted by atomic mass is 16.2. The van der Waals surface area contributed by atoms with Crippen molar-refractivity contribution in [1.82, 2.24) is 0 Å². The van der Waals surface area contributed by atoms with Crippen LogP contribution in [-0.4, -0.2) is 11.8 Å². The summed E-state index contributed by atoms with van der Waals surface area (Å²) in [5.74, 6) is 0.969. The van der Waals surface area contributed by atoms with Crippen molar-refractivity contribution in [3.05, 3.63) is 29.3 Å². The first-order chi connectivity index (χ1) is 9.58. The Balaban J connectivity index is 1.77. The minimum absolute atomic E-state index is 0.0260. The minimum Gasteiger partial charge on any atom is -0.274 e. The lowest BCUT2D eigenvalue weighted by molar-refractivity contribution is -0.123. The first-order valence-electron chi connectivity index (χ1n) is 7.53. The van der Waals surface area contributed by atoms with E-state index in [-0.39, 0.29) is 23.7 Å². The van der Waals surface area contributed by atoms with E-state index >= 15 is 0 Å². The Morgan fingerprint density at radius 1 is 1.00 bits per heavy atom. The molecule has 104 valence electrons. The summed E-state index contributed by atoms with van der Waals surface area (Å²) in [4.78, 5) is 26.9. The normalized spacial score (nSPS) is 35.0. The van der Waals surface area contributed by atoms with Gasteiger partial charge in [0.05, 0.1) is 17.5 Å². The van der Waals surface area contributed by atoms with Gasteiger partial charge in [0, 0.05) is 0 Å². The third-order valence-electron chi connectivity index (χ3n) is 5.52. The third-order valence-corrected chi connectivity index (χ3v) is 5.52. The number of nitrogens with zero attached hydrogens (tertiary/aromatic N) is 1. The van der Waals surface area contributed by atoms with E-state index in [4.69, 9.17) is 0 Å². The molecule has 1 aliphatic heterocycles. The van der Waals surface area contributed by atoms with Crippen LogP contribution < -0.4 is 4.90 Å². The second-order valence-corrected chi connectivity index (χ2v) is 6.69. The molecule has 1 aromatic carbocycles. The van der Waals surface area contributed by atoms with Crippen molar-refractivity contribution in [2.45, 2.75) is 33.1 Å². The molecule has 4 rings (SSSR count). The van der Waals surface area contributed by atoms with Crippen molar-refractivity contribution >= 4 is 17.5 Å². The topological polar surface area (TPSA) is 37.4 Å². The third kappa shape index (κ3) is 1.41. The first kappa shape index (κ1) is 12.1. The summed E-state index contributed by atoms with van der Waals surface area (Å²) in [5.41, 5.74) is 2.96. The van der Waals surface area contributed by atoms with Crippen molar-refractivity contribution in [2.24, 2.45) is 23.7 Å². The molecule has 3 heteroatoms. The number of carbonyl (C=O) groups is 2. The standard InChI is InChI=1S/C17H19NO2/c1-9-3-6-13(10(2)7-9)18-16(19)14-11-4-5-12(8-11)15(14)17(18)20/h3,6-7,11-12,14-15H,4-5,8H2,1-2H3/t11-,12+,14-,15-/m0/s1. The van der Waals surface area contributed by atoms with E-state index in [9.17, 15) is 9.59 Å². The van der Waals surface area contributed by atoms with Gasteiger partial charge in [0.25, 0.3) is 0 Å². The average Bonchev–Trinajstić information content (AvgIpc) is 3.06. The number of amides is 2. The number of anilines is 1. The lowest BCUT2D eigenvalue weighted by atomic mass is 9.81. The maximum Gasteiger partial charge on any atom is 0.237 e. The van der Waals surface area contributed by atoms with Crippen molar-refractivity contribution in [3.63, 3.8) is 0 Å². The van der Waals surface area contributed by atoms with Gasteiger partial charge in [-0.3, -0.25) is 9.59 Å². The summed E-state index contributed by atoms with van der Waals surface area (Å²) in [6, 6.07) is 5.94. The molecule has 0 radical (unpaired) electrons. The van der Waals surface area contributed by atoms with Crippen molar-refractivity contribution < 1.29 is 9.59 Å².